The van der Waals surface area contributed by atoms with E-state index in [9.17, 15) is 0 Å². The van der Waals surface area contributed by atoms with Gasteiger partial charge in [0.2, 0.25) is 0 Å². The molecule has 1 N–H and O–H groups in total. The lowest BCUT2D eigenvalue weighted by molar-refractivity contribution is 0.606. The quantitative estimate of drug-likeness (QED) is 0.780. The average Bonchev–Trinajstić information content (AvgIpc) is 2.87. The van der Waals surface area contributed by atoms with Gasteiger partial charge in [-0.3, -0.25) is 0 Å². The van der Waals surface area contributed by atoms with Gasteiger partial charge in [-0.2, -0.15) is 0 Å². The van der Waals surface area contributed by atoms with Crippen LogP contribution in [-0.2, 0) is 20.1 Å². The van der Waals surface area contributed by atoms with Crippen LogP contribution in [-0.4, -0.2) is 31.1 Å². The van der Waals surface area contributed by atoms with Crippen LogP contribution in [0.2, 0.25) is 0 Å². The molecule has 0 atom stereocenters. The lowest BCUT2D eigenvalue weighted by Gasteiger charge is -2.00. The maximum atomic E-state index is 4.24. The molecule has 2 aromatic rings. The first-order valence-corrected chi connectivity index (χ1v) is 5.35. The molecule has 6 heteroatoms. The van der Waals surface area contributed by atoms with E-state index in [4.69, 9.17) is 0 Å². The molecule has 86 valence electrons. The number of aryl methyl sites for hydroxylation is 1. The summed E-state index contributed by atoms with van der Waals surface area (Å²) in [6.07, 6.45) is 5.65. The lowest BCUT2D eigenvalue weighted by atomic mass is 10.4. The van der Waals surface area contributed by atoms with Gasteiger partial charge in [0.15, 0.2) is 0 Å². The molecule has 0 spiro atoms. The van der Waals surface area contributed by atoms with Crippen LogP contribution in [0.25, 0.3) is 0 Å². The normalized spacial score (nSPS) is 10.9. The van der Waals surface area contributed by atoms with Crippen LogP contribution in [0, 0.1) is 0 Å². The standard InChI is InChI=1S/C10H16N6/c1-3-11-6-9-7-16(14-13-9)8-10-12-4-5-15(10)2/h4-5,7,11H,3,6,8H2,1-2H3. The Hall–Kier alpha value is -1.69. The Kier molecular flexibility index (Phi) is 3.31. The summed E-state index contributed by atoms with van der Waals surface area (Å²) in [5, 5.41) is 11.3. The first-order valence-electron chi connectivity index (χ1n) is 5.35. The van der Waals surface area contributed by atoms with Crippen LogP contribution in [0.15, 0.2) is 18.6 Å². The Balaban J connectivity index is 2.00. The molecule has 2 aromatic heterocycles. The van der Waals surface area contributed by atoms with Crippen molar-refractivity contribution in [2.45, 2.75) is 20.0 Å². The zero-order valence-corrected chi connectivity index (χ0v) is 9.59. The van der Waals surface area contributed by atoms with Crippen molar-refractivity contribution in [2.24, 2.45) is 7.05 Å². The van der Waals surface area contributed by atoms with Crippen molar-refractivity contribution in [1.29, 1.82) is 0 Å². The molecule has 0 aliphatic carbocycles. The van der Waals surface area contributed by atoms with Gasteiger partial charge < -0.3 is 9.88 Å². The van der Waals surface area contributed by atoms with Gasteiger partial charge in [-0.1, -0.05) is 12.1 Å². The van der Waals surface area contributed by atoms with Gasteiger partial charge in [-0.05, 0) is 6.54 Å². The van der Waals surface area contributed by atoms with Crippen molar-refractivity contribution in [3.8, 4) is 0 Å². The molecule has 2 heterocycles. The molecule has 2 rings (SSSR count). The molecule has 0 aromatic carbocycles. The zero-order chi connectivity index (χ0) is 11.4. The van der Waals surface area contributed by atoms with Gasteiger partial charge in [0, 0.05) is 26.0 Å². The second-order valence-electron chi connectivity index (χ2n) is 3.64. The summed E-state index contributed by atoms with van der Waals surface area (Å²) in [6, 6.07) is 0. The monoisotopic (exact) mass is 220 g/mol. The fourth-order valence-electron chi connectivity index (χ4n) is 1.44. The molecule has 6 nitrogen and oxygen atoms in total. The van der Waals surface area contributed by atoms with E-state index in [1.807, 2.05) is 24.0 Å². The highest BCUT2D eigenvalue weighted by molar-refractivity contribution is 4.96. The second-order valence-corrected chi connectivity index (χ2v) is 3.64. The molecule has 0 unspecified atom stereocenters. The number of aromatic nitrogens is 5. The fourth-order valence-corrected chi connectivity index (χ4v) is 1.44. The van der Waals surface area contributed by atoms with E-state index in [1.165, 1.54) is 0 Å². The van der Waals surface area contributed by atoms with E-state index in [1.54, 1.807) is 10.9 Å². The van der Waals surface area contributed by atoms with Gasteiger partial charge in [0.1, 0.15) is 12.4 Å². The molecule has 0 saturated carbocycles. The van der Waals surface area contributed by atoms with E-state index in [0.29, 0.717) is 6.54 Å². The molecule has 0 bridgehead atoms. The van der Waals surface area contributed by atoms with Gasteiger partial charge in [-0.25, -0.2) is 9.67 Å². The van der Waals surface area contributed by atoms with E-state index in [-0.39, 0.29) is 0 Å². The van der Waals surface area contributed by atoms with Crippen LogP contribution in [0.3, 0.4) is 0 Å². The summed E-state index contributed by atoms with van der Waals surface area (Å²) >= 11 is 0. The number of hydrogen-bond acceptors (Lipinski definition) is 4. The maximum Gasteiger partial charge on any atom is 0.130 e. The molecule has 16 heavy (non-hydrogen) atoms. The number of rotatable bonds is 5. The summed E-state index contributed by atoms with van der Waals surface area (Å²) in [4.78, 5) is 4.24. The summed E-state index contributed by atoms with van der Waals surface area (Å²) in [5.41, 5.74) is 0.955. The summed E-state index contributed by atoms with van der Waals surface area (Å²) < 4.78 is 3.78. The topological polar surface area (TPSA) is 60.6 Å². The van der Waals surface area contributed by atoms with Gasteiger partial charge in [-0.15, -0.1) is 5.10 Å². The van der Waals surface area contributed by atoms with E-state index < -0.39 is 0 Å². The van der Waals surface area contributed by atoms with Crippen molar-refractivity contribution in [3.05, 3.63) is 30.1 Å². The minimum atomic E-state index is 0.655. The predicted octanol–water partition coefficient (Wildman–Crippen LogP) is 0.169. The highest BCUT2D eigenvalue weighted by atomic mass is 15.4. The number of nitrogens with zero attached hydrogens (tertiary/aromatic N) is 5. The maximum absolute atomic E-state index is 4.24. The van der Waals surface area contributed by atoms with Crippen LogP contribution in [0.4, 0.5) is 0 Å². The Bertz CT molecular complexity index is 444. The lowest BCUT2D eigenvalue weighted by Crippen LogP contribution is -2.11. The van der Waals surface area contributed by atoms with Crippen LogP contribution < -0.4 is 5.32 Å². The summed E-state index contributed by atoms with van der Waals surface area (Å²) in [5.74, 6) is 0.972. The predicted molar refractivity (Wildman–Crippen MR) is 59.7 cm³/mol. The third-order valence-electron chi connectivity index (χ3n) is 2.37. The molecule has 0 radical (unpaired) electrons. The third kappa shape index (κ3) is 2.46. The molecular formula is C10H16N6. The zero-order valence-electron chi connectivity index (χ0n) is 9.59. The molecule has 0 aliphatic heterocycles. The molecule has 0 saturated heterocycles. The summed E-state index contributed by atoms with van der Waals surface area (Å²) in [7, 11) is 1.97. The van der Waals surface area contributed by atoms with Crippen molar-refractivity contribution in [3.63, 3.8) is 0 Å². The highest BCUT2D eigenvalue weighted by Gasteiger charge is 2.03. The largest absolute Gasteiger partial charge is 0.336 e. The molecule has 0 aliphatic rings. The average molecular weight is 220 g/mol. The number of imidazole rings is 1. The fraction of sp³-hybridized carbons (Fsp3) is 0.500. The Labute approximate surface area is 94.3 Å². The van der Waals surface area contributed by atoms with E-state index in [0.717, 1.165) is 24.6 Å². The Morgan fingerprint density at radius 2 is 2.31 bits per heavy atom. The molecule has 0 fully saturated rings. The Morgan fingerprint density at radius 3 is 3.00 bits per heavy atom. The van der Waals surface area contributed by atoms with Crippen molar-refractivity contribution < 1.29 is 0 Å². The number of hydrogen-bond donors (Lipinski definition) is 1. The van der Waals surface area contributed by atoms with Crippen molar-refractivity contribution in [1.82, 2.24) is 29.9 Å². The smallest absolute Gasteiger partial charge is 0.130 e. The van der Waals surface area contributed by atoms with Crippen molar-refractivity contribution in [2.75, 3.05) is 6.54 Å². The minimum absolute atomic E-state index is 0.655. The third-order valence-corrected chi connectivity index (χ3v) is 2.37. The van der Waals surface area contributed by atoms with Crippen molar-refractivity contribution >= 4 is 0 Å². The minimum Gasteiger partial charge on any atom is -0.336 e. The highest BCUT2D eigenvalue weighted by Crippen LogP contribution is 1.99. The van der Waals surface area contributed by atoms with Gasteiger partial charge in [0.05, 0.1) is 11.9 Å². The van der Waals surface area contributed by atoms with E-state index in [2.05, 4.69) is 27.5 Å². The van der Waals surface area contributed by atoms with Gasteiger partial charge >= 0.3 is 0 Å². The van der Waals surface area contributed by atoms with Crippen LogP contribution in [0.5, 0.6) is 0 Å². The first kappa shape index (κ1) is 10.8. The van der Waals surface area contributed by atoms with E-state index >= 15 is 0 Å². The summed E-state index contributed by atoms with van der Waals surface area (Å²) in [6.45, 7) is 4.42. The van der Waals surface area contributed by atoms with Crippen LogP contribution >= 0.6 is 0 Å². The second kappa shape index (κ2) is 4.89. The molecular weight excluding hydrogens is 204 g/mol. The SMILES string of the molecule is CCNCc1cn(Cc2nccn2C)nn1. The Morgan fingerprint density at radius 1 is 1.44 bits per heavy atom. The van der Waals surface area contributed by atoms with Crippen LogP contribution in [0.1, 0.15) is 18.4 Å². The first-order chi connectivity index (χ1) is 7.79. The van der Waals surface area contributed by atoms with Gasteiger partial charge in [0.25, 0.3) is 0 Å². The molecule has 0 amide bonds. The number of nitrogens with one attached hydrogen (secondary N) is 1.